The van der Waals surface area contributed by atoms with Crippen molar-refractivity contribution < 1.29 is 0 Å². The lowest BCUT2D eigenvalue weighted by molar-refractivity contribution is -0.0498. The van der Waals surface area contributed by atoms with Gasteiger partial charge in [-0.1, -0.05) is 65.5 Å². The minimum Gasteiger partial charge on any atom is -0.123 e. The Bertz CT molecular complexity index is 591. The zero-order valence-electron chi connectivity index (χ0n) is 19.3. The van der Waals surface area contributed by atoms with E-state index in [0.29, 0.717) is 16.2 Å². The van der Waals surface area contributed by atoms with Gasteiger partial charge >= 0.3 is 0 Å². The fourth-order valence-electron chi connectivity index (χ4n) is 8.64. The van der Waals surface area contributed by atoms with Crippen LogP contribution in [0.15, 0.2) is 11.6 Å². The van der Waals surface area contributed by atoms with Crippen molar-refractivity contribution in [2.75, 3.05) is 0 Å². The summed E-state index contributed by atoms with van der Waals surface area (Å²) in [7, 11) is 0. The maximum absolute atomic E-state index is 6.56. The molecule has 0 unspecified atom stereocenters. The molecule has 0 aliphatic heterocycles. The first-order valence-corrected chi connectivity index (χ1v) is 13.0. The van der Waals surface area contributed by atoms with E-state index < -0.39 is 0 Å². The van der Waals surface area contributed by atoms with Crippen LogP contribution >= 0.6 is 11.6 Å². The molecule has 0 bridgehead atoms. The van der Waals surface area contributed by atoms with Gasteiger partial charge in [0.15, 0.2) is 0 Å². The molecule has 160 valence electrons. The van der Waals surface area contributed by atoms with Crippen molar-refractivity contribution in [3.05, 3.63) is 11.6 Å². The van der Waals surface area contributed by atoms with Gasteiger partial charge in [0.25, 0.3) is 0 Å². The summed E-state index contributed by atoms with van der Waals surface area (Å²) in [6.45, 7) is 12.7. The van der Waals surface area contributed by atoms with Gasteiger partial charge in [-0.2, -0.15) is 0 Å². The normalized spacial score (nSPS) is 46.5. The second kappa shape index (κ2) is 7.94. The molecular weight excluding hydrogens is 360 g/mol. The van der Waals surface area contributed by atoms with Crippen LogP contribution in [0.5, 0.6) is 0 Å². The second-order valence-electron chi connectivity index (χ2n) is 12.1. The van der Waals surface area contributed by atoms with E-state index in [1.165, 1.54) is 70.6 Å². The Labute approximate surface area is 180 Å². The van der Waals surface area contributed by atoms with Gasteiger partial charge in [0, 0.05) is 5.38 Å². The van der Waals surface area contributed by atoms with E-state index in [1.807, 2.05) is 0 Å². The van der Waals surface area contributed by atoms with Crippen molar-refractivity contribution in [3.8, 4) is 0 Å². The fraction of sp³-hybridized carbons (Fsp3) is 0.926. The summed E-state index contributed by atoms with van der Waals surface area (Å²) in [6.07, 6.45) is 18.0. The summed E-state index contributed by atoms with van der Waals surface area (Å²) < 4.78 is 0. The third-order valence-corrected chi connectivity index (χ3v) is 10.6. The average Bonchev–Trinajstić information content (AvgIpc) is 2.99. The predicted octanol–water partition coefficient (Wildman–Crippen LogP) is 8.64. The number of rotatable bonds is 5. The molecule has 0 saturated heterocycles. The van der Waals surface area contributed by atoms with E-state index in [4.69, 9.17) is 11.6 Å². The van der Waals surface area contributed by atoms with Crippen molar-refractivity contribution in [2.24, 2.45) is 46.3 Å². The third-order valence-electron chi connectivity index (χ3n) is 10.2. The highest BCUT2D eigenvalue weighted by atomic mass is 35.5. The number of allylic oxidation sites excluding steroid dienone is 2. The zero-order chi connectivity index (χ0) is 20.1. The largest absolute Gasteiger partial charge is 0.123 e. The van der Waals surface area contributed by atoms with E-state index in [1.54, 1.807) is 5.57 Å². The molecule has 0 nitrogen and oxygen atoms in total. The van der Waals surface area contributed by atoms with Gasteiger partial charge in [-0.3, -0.25) is 0 Å². The van der Waals surface area contributed by atoms with Crippen molar-refractivity contribution in [2.45, 2.75) is 111 Å². The van der Waals surface area contributed by atoms with Crippen LogP contribution in [0.25, 0.3) is 0 Å². The first-order chi connectivity index (χ1) is 13.3. The number of alkyl halides is 1. The summed E-state index contributed by atoms with van der Waals surface area (Å²) in [4.78, 5) is 0. The summed E-state index contributed by atoms with van der Waals surface area (Å²) in [5, 5.41) is 0.396. The van der Waals surface area contributed by atoms with Crippen molar-refractivity contribution in [1.82, 2.24) is 0 Å². The number of fused-ring (bicyclic) bond motifs is 5. The summed E-state index contributed by atoms with van der Waals surface area (Å²) in [6, 6.07) is 0. The molecule has 0 amide bonds. The highest BCUT2D eigenvalue weighted by Crippen LogP contribution is 2.67. The summed E-state index contributed by atoms with van der Waals surface area (Å²) >= 11 is 6.56. The van der Waals surface area contributed by atoms with Crippen LogP contribution in [0.3, 0.4) is 0 Å². The molecule has 28 heavy (non-hydrogen) atoms. The molecule has 4 aliphatic carbocycles. The van der Waals surface area contributed by atoms with Crippen LogP contribution in [0.2, 0.25) is 0 Å². The molecule has 8 atom stereocenters. The lowest BCUT2D eigenvalue weighted by Crippen LogP contribution is -2.50. The smallest absolute Gasteiger partial charge is 0.0373 e. The topological polar surface area (TPSA) is 0 Å². The Hall–Kier alpha value is 0.0300. The molecule has 0 heterocycles. The van der Waals surface area contributed by atoms with Crippen LogP contribution in [0.1, 0.15) is 105 Å². The molecule has 0 aromatic heterocycles. The lowest BCUT2D eigenvalue weighted by Gasteiger charge is -2.58. The van der Waals surface area contributed by atoms with Crippen molar-refractivity contribution in [3.63, 3.8) is 0 Å². The minimum absolute atomic E-state index is 0.396. The van der Waals surface area contributed by atoms with Crippen molar-refractivity contribution in [1.29, 1.82) is 0 Å². The molecular formula is C27H45Cl. The minimum atomic E-state index is 0.396. The predicted molar refractivity (Wildman–Crippen MR) is 123 cm³/mol. The Kier molecular flexibility index (Phi) is 6.03. The molecule has 0 aromatic carbocycles. The Morgan fingerprint density at radius 1 is 1.00 bits per heavy atom. The number of halogens is 1. The summed E-state index contributed by atoms with van der Waals surface area (Å²) in [5.41, 5.74) is 2.82. The molecule has 0 aromatic rings. The first-order valence-electron chi connectivity index (χ1n) is 12.6. The van der Waals surface area contributed by atoms with Gasteiger partial charge in [0.05, 0.1) is 0 Å². The quantitative estimate of drug-likeness (QED) is 0.317. The molecule has 1 heteroatoms. The van der Waals surface area contributed by atoms with Crippen LogP contribution in [-0.4, -0.2) is 5.38 Å². The van der Waals surface area contributed by atoms with Gasteiger partial charge in [-0.15, -0.1) is 11.6 Å². The van der Waals surface area contributed by atoms with Gasteiger partial charge in [-0.05, 0) is 97.7 Å². The Morgan fingerprint density at radius 3 is 2.54 bits per heavy atom. The third kappa shape index (κ3) is 3.52. The van der Waals surface area contributed by atoms with Gasteiger partial charge in [0.1, 0.15) is 0 Å². The van der Waals surface area contributed by atoms with Crippen molar-refractivity contribution >= 4 is 11.6 Å². The standard InChI is InChI=1S/C27H45Cl/c1-18(2)7-6-8-19(3)23-11-12-24-22-10-9-20-17-21(28)13-15-26(20,4)25(22)14-16-27(23,24)5/h9,18-19,21-25H,6-8,10-17H2,1-5H3/t19-,21-,22-,23-,24+,25+,26-,27+/m0/s1. The molecule has 4 rings (SSSR count). The maximum atomic E-state index is 6.56. The zero-order valence-corrected chi connectivity index (χ0v) is 20.0. The van der Waals surface area contributed by atoms with E-state index in [9.17, 15) is 0 Å². The molecule has 4 aliphatic rings. The average molecular weight is 405 g/mol. The highest BCUT2D eigenvalue weighted by molar-refractivity contribution is 6.20. The second-order valence-corrected chi connectivity index (χ2v) is 12.7. The van der Waals surface area contributed by atoms with Gasteiger partial charge in [0.2, 0.25) is 0 Å². The monoisotopic (exact) mass is 404 g/mol. The van der Waals surface area contributed by atoms with Crippen LogP contribution in [0, 0.1) is 46.3 Å². The van der Waals surface area contributed by atoms with E-state index >= 15 is 0 Å². The molecule has 0 spiro atoms. The maximum Gasteiger partial charge on any atom is 0.0373 e. The summed E-state index contributed by atoms with van der Waals surface area (Å²) in [5.74, 6) is 5.62. The van der Waals surface area contributed by atoms with Gasteiger partial charge < -0.3 is 0 Å². The van der Waals surface area contributed by atoms with E-state index in [-0.39, 0.29) is 0 Å². The molecule has 3 saturated carbocycles. The number of hydrogen-bond donors (Lipinski definition) is 0. The Morgan fingerprint density at radius 2 is 1.79 bits per heavy atom. The van der Waals surface area contributed by atoms with Crippen LogP contribution < -0.4 is 0 Å². The molecule has 0 radical (unpaired) electrons. The lowest BCUT2D eigenvalue weighted by atomic mass is 9.47. The first kappa shape index (κ1) is 21.3. The van der Waals surface area contributed by atoms with Crippen LogP contribution in [-0.2, 0) is 0 Å². The molecule has 3 fully saturated rings. The highest BCUT2D eigenvalue weighted by Gasteiger charge is 2.58. The van der Waals surface area contributed by atoms with Crippen LogP contribution in [0.4, 0.5) is 0 Å². The Balaban J connectivity index is 1.49. The van der Waals surface area contributed by atoms with E-state index in [2.05, 4.69) is 40.7 Å². The van der Waals surface area contributed by atoms with E-state index in [0.717, 1.165) is 35.5 Å². The SMILES string of the molecule is CC(C)CCC[C@H](C)[C@@H]1CC[C@@H]2[C@@H]3CC=C4C[C@@H](Cl)CC[C@]4(C)[C@@H]3CC[C@@]21C. The molecule has 0 N–H and O–H groups in total. The number of hydrogen-bond acceptors (Lipinski definition) is 0. The fourth-order valence-corrected chi connectivity index (χ4v) is 8.92. The van der Waals surface area contributed by atoms with Gasteiger partial charge in [-0.25, -0.2) is 0 Å².